The summed E-state index contributed by atoms with van der Waals surface area (Å²) in [7, 11) is 0. The smallest absolute Gasteiger partial charge is 0.276 e. The molecular weight excluding hydrogens is 378 g/mol. The SMILES string of the molecule is Cc1ccc(NC(=O)c2nc(NNC(=O)c3ccc(C)cc3)ncc2Cl)cc1. The Labute approximate surface area is 167 Å². The van der Waals surface area contributed by atoms with E-state index in [-0.39, 0.29) is 22.6 Å². The molecule has 0 bridgehead atoms. The van der Waals surface area contributed by atoms with Gasteiger partial charge in [-0.1, -0.05) is 47.0 Å². The van der Waals surface area contributed by atoms with Crippen LogP contribution < -0.4 is 16.2 Å². The number of carbonyl (C=O) groups excluding carboxylic acids is 2. The summed E-state index contributed by atoms with van der Waals surface area (Å²) in [5.41, 5.74) is 8.29. The molecule has 0 saturated carbocycles. The summed E-state index contributed by atoms with van der Waals surface area (Å²) >= 11 is 6.05. The predicted molar refractivity (Wildman–Crippen MR) is 108 cm³/mol. The third kappa shape index (κ3) is 4.83. The lowest BCUT2D eigenvalue weighted by atomic mass is 10.1. The average molecular weight is 396 g/mol. The number of carbonyl (C=O) groups is 2. The van der Waals surface area contributed by atoms with E-state index in [0.717, 1.165) is 11.1 Å². The Morgan fingerprint density at radius 3 is 2.14 bits per heavy atom. The molecule has 2 amide bonds. The maximum atomic E-state index is 12.5. The number of nitrogens with zero attached hydrogens (tertiary/aromatic N) is 2. The van der Waals surface area contributed by atoms with Gasteiger partial charge in [0.2, 0.25) is 5.95 Å². The zero-order chi connectivity index (χ0) is 20.1. The van der Waals surface area contributed by atoms with Crippen molar-refractivity contribution in [2.45, 2.75) is 13.8 Å². The molecular formula is C20H18ClN5O2. The van der Waals surface area contributed by atoms with Crippen LogP contribution in [0.25, 0.3) is 0 Å². The van der Waals surface area contributed by atoms with Crippen molar-refractivity contribution in [2.24, 2.45) is 0 Å². The van der Waals surface area contributed by atoms with Gasteiger partial charge in [0, 0.05) is 11.3 Å². The second kappa shape index (κ2) is 8.49. The van der Waals surface area contributed by atoms with Crippen LogP contribution in [-0.2, 0) is 0 Å². The normalized spacial score (nSPS) is 10.2. The molecule has 0 aliphatic rings. The van der Waals surface area contributed by atoms with Gasteiger partial charge in [-0.25, -0.2) is 9.97 Å². The highest BCUT2D eigenvalue weighted by Crippen LogP contribution is 2.17. The molecule has 1 heterocycles. The Bertz CT molecular complexity index is 1000. The number of aromatic nitrogens is 2. The van der Waals surface area contributed by atoms with E-state index in [1.807, 2.05) is 38.1 Å². The Kier molecular flexibility index (Phi) is 5.86. The van der Waals surface area contributed by atoms with Crippen LogP contribution in [0.3, 0.4) is 0 Å². The quantitative estimate of drug-likeness (QED) is 0.572. The molecule has 142 valence electrons. The topological polar surface area (TPSA) is 96.0 Å². The van der Waals surface area contributed by atoms with Crippen molar-refractivity contribution in [1.82, 2.24) is 15.4 Å². The zero-order valence-electron chi connectivity index (χ0n) is 15.3. The van der Waals surface area contributed by atoms with E-state index in [0.29, 0.717) is 11.3 Å². The van der Waals surface area contributed by atoms with Gasteiger partial charge in [0.1, 0.15) is 0 Å². The van der Waals surface area contributed by atoms with Crippen LogP contribution in [0.4, 0.5) is 11.6 Å². The first-order valence-electron chi connectivity index (χ1n) is 8.46. The number of aryl methyl sites for hydroxylation is 2. The van der Waals surface area contributed by atoms with Gasteiger partial charge < -0.3 is 5.32 Å². The Balaban J connectivity index is 1.68. The molecule has 0 spiro atoms. The Morgan fingerprint density at radius 1 is 0.893 bits per heavy atom. The van der Waals surface area contributed by atoms with E-state index in [4.69, 9.17) is 11.6 Å². The lowest BCUT2D eigenvalue weighted by Crippen LogP contribution is -2.30. The number of anilines is 2. The first kappa shape index (κ1) is 19.3. The van der Waals surface area contributed by atoms with Crippen molar-refractivity contribution in [3.63, 3.8) is 0 Å². The van der Waals surface area contributed by atoms with Crippen molar-refractivity contribution in [1.29, 1.82) is 0 Å². The van der Waals surface area contributed by atoms with E-state index < -0.39 is 5.91 Å². The third-order valence-electron chi connectivity index (χ3n) is 3.87. The summed E-state index contributed by atoms with van der Waals surface area (Å²) in [5, 5.41) is 2.82. The van der Waals surface area contributed by atoms with Gasteiger partial charge in [-0.15, -0.1) is 0 Å². The van der Waals surface area contributed by atoms with Crippen LogP contribution in [-0.4, -0.2) is 21.8 Å². The molecule has 3 N–H and O–H groups in total. The van der Waals surface area contributed by atoms with Crippen molar-refractivity contribution < 1.29 is 9.59 Å². The summed E-state index contributed by atoms with van der Waals surface area (Å²) in [6.45, 7) is 3.89. The molecule has 0 saturated heterocycles. The minimum Gasteiger partial charge on any atom is -0.321 e. The van der Waals surface area contributed by atoms with Crippen molar-refractivity contribution in [3.05, 3.63) is 82.1 Å². The standard InChI is InChI=1S/C20H18ClN5O2/c1-12-3-7-14(8-4-12)18(27)25-26-20-22-11-16(21)17(24-20)19(28)23-15-9-5-13(2)6-10-15/h3-11H,1-2H3,(H,23,28)(H,25,27)(H,22,24,26). The number of hydrogen-bond acceptors (Lipinski definition) is 5. The molecule has 3 rings (SSSR count). The predicted octanol–water partition coefficient (Wildman–Crippen LogP) is 3.76. The van der Waals surface area contributed by atoms with Crippen LogP contribution in [0.5, 0.6) is 0 Å². The molecule has 2 aromatic carbocycles. The molecule has 0 fully saturated rings. The fraction of sp³-hybridized carbons (Fsp3) is 0.100. The lowest BCUT2D eigenvalue weighted by molar-refractivity contribution is 0.0961. The molecule has 0 unspecified atom stereocenters. The summed E-state index contributed by atoms with van der Waals surface area (Å²) in [5.74, 6) is -0.799. The molecule has 8 heteroatoms. The number of hydrogen-bond donors (Lipinski definition) is 3. The van der Waals surface area contributed by atoms with Gasteiger partial charge in [-0.3, -0.25) is 20.4 Å². The Hall–Kier alpha value is -3.45. The number of hydrazine groups is 1. The minimum absolute atomic E-state index is 0.00988. The van der Waals surface area contributed by atoms with Crippen LogP contribution in [0.2, 0.25) is 5.02 Å². The molecule has 0 aliphatic carbocycles. The fourth-order valence-corrected chi connectivity index (χ4v) is 2.48. The second-order valence-corrected chi connectivity index (χ2v) is 6.56. The van der Waals surface area contributed by atoms with E-state index in [1.54, 1.807) is 24.3 Å². The van der Waals surface area contributed by atoms with E-state index in [2.05, 4.69) is 26.1 Å². The summed E-state index contributed by atoms with van der Waals surface area (Å²) in [6, 6.07) is 14.4. The van der Waals surface area contributed by atoms with E-state index >= 15 is 0 Å². The van der Waals surface area contributed by atoms with Crippen LogP contribution in [0.1, 0.15) is 32.0 Å². The van der Waals surface area contributed by atoms with Gasteiger partial charge in [0.25, 0.3) is 11.8 Å². The highest BCUT2D eigenvalue weighted by Gasteiger charge is 2.15. The minimum atomic E-state index is -0.482. The Morgan fingerprint density at radius 2 is 1.50 bits per heavy atom. The highest BCUT2D eigenvalue weighted by atomic mass is 35.5. The van der Waals surface area contributed by atoms with Crippen molar-refractivity contribution >= 4 is 35.1 Å². The number of halogens is 1. The molecule has 7 nitrogen and oxygen atoms in total. The van der Waals surface area contributed by atoms with Crippen molar-refractivity contribution in [3.8, 4) is 0 Å². The molecule has 1 aromatic heterocycles. The number of benzene rings is 2. The number of amides is 2. The number of nitrogens with one attached hydrogen (secondary N) is 3. The maximum Gasteiger partial charge on any atom is 0.276 e. The van der Waals surface area contributed by atoms with Crippen LogP contribution in [0, 0.1) is 13.8 Å². The maximum absolute atomic E-state index is 12.5. The first-order valence-corrected chi connectivity index (χ1v) is 8.84. The molecule has 3 aromatic rings. The monoisotopic (exact) mass is 395 g/mol. The van der Waals surface area contributed by atoms with Gasteiger partial charge in [-0.05, 0) is 38.1 Å². The van der Waals surface area contributed by atoms with Gasteiger partial charge in [0.15, 0.2) is 5.69 Å². The second-order valence-electron chi connectivity index (χ2n) is 6.16. The first-order chi connectivity index (χ1) is 13.4. The molecule has 0 atom stereocenters. The van der Waals surface area contributed by atoms with Gasteiger partial charge in [-0.2, -0.15) is 0 Å². The largest absolute Gasteiger partial charge is 0.321 e. The number of rotatable bonds is 5. The fourth-order valence-electron chi connectivity index (χ4n) is 2.30. The van der Waals surface area contributed by atoms with Gasteiger partial charge in [0.05, 0.1) is 11.2 Å². The molecule has 0 aliphatic heterocycles. The summed E-state index contributed by atoms with van der Waals surface area (Å²) in [6.07, 6.45) is 1.29. The van der Waals surface area contributed by atoms with E-state index in [1.165, 1.54) is 6.20 Å². The zero-order valence-corrected chi connectivity index (χ0v) is 16.0. The molecule has 0 radical (unpaired) electrons. The third-order valence-corrected chi connectivity index (χ3v) is 4.15. The van der Waals surface area contributed by atoms with Crippen LogP contribution >= 0.6 is 11.6 Å². The highest BCUT2D eigenvalue weighted by molar-refractivity contribution is 6.34. The lowest BCUT2D eigenvalue weighted by Gasteiger charge is -2.10. The van der Waals surface area contributed by atoms with E-state index in [9.17, 15) is 9.59 Å². The molecule has 28 heavy (non-hydrogen) atoms. The van der Waals surface area contributed by atoms with Gasteiger partial charge >= 0.3 is 0 Å². The van der Waals surface area contributed by atoms with Crippen LogP contribution in [0.15, 0.2) is 54.7 Å². The summed E-state index contributed by atoms with van der Waals surface area (Å²) < 4.78 is 0. The van der Waals surface area contributed by atoms with Crippen molar-refractivity contribution in [2.75, 3.05) is 10.7 Å². The average Bonchev–Trinajstić information content (AvgIpc) is 2.69. The summed E-state index contributed by atoms with van der Waals surface area (Å²) in [4.78, 5) is 32.7.